The van der Waals surface area contributed by atoms with Crippen molar-refractivity contribution in [2.45, 2.75) is 26.8 Å². The van der Waals surface area contributed by atoms with Crippen molar-refractivity contribution < 1.29 is 0 Å². The number of hydrogen-bond donors (Lipinski definition) is 2. The van der Waals surface area contributed by atoms with Gasteiger partial charge in [-0.25, -0.2) is 0 Å². The third kappa shape index (κ3) is 3.57. The van der Waals surface area contributed by atoms with Crippen molar-refractivity contribution in [2.24, 2.45) is 5.73 Å². The standard InChI is InChI=1S/C15H17BrN4S/c1-8-9(2)19-20-15(13(8)14(17)21)18-10(3)11-4-6-12(16)7-5-11/h4-7,10H,1-3H3,(H2,17,21)(H,18,20). The van der Waals surface area contributed by atoms with E-state index in [4.69, 9.17) is 18.0 Å². The molecule has 0 aliphatic carbocycles. The zero-order valence-corrected chi connectivity index (χ0v) is 14.5. The summed E-state index contributed by atoms with van der Waals surface area (Å²) in [5.41, 5.74) is 9.54. The molecule has 0 fully saturated rings. The first-order chi connectivity index (χ1) is 9.90. The molecule has 110 valence electrons. The first-order valence-corrected chi connectivity index (χ1v) is 7.76. The summed E-state index contributed by atoms with van der Waals surface area (Å²) < 4.78 is 1.05. The van der Waals surface area contributed by atoms with Crippen LogP contribution < -0.4 is 11.1 Å². The number of anilines is 1. The van der Waals surface area contributed by atoms with Crippen molar-refractivity contribution in [1.82, 2.24) is 10.2 Å². The molecule has 1 aromatic carbocycles. The van der Waals surface area contributed by atoms with Crippen LogP contribution in [0.25, 0.3) is 0 Å². The lowest BCUT2D eigenvalue weighted by Gasteiger charge is -2.18. The van der Waals surface area contributed by atoms with Gasteiger partial charge in [-0.1, -0.05) is 40.3 Å². The van der Waals surface area contributed by atoms with Gasteiger partial charge >= 0.3 is 0 Å². The predicted octanol–water partition coefficient (Wildman–Crippen LogP) is 3.66. The highest BCUT2D eigenvalue weighted by atomic mass is 79.9. The number of benzene rings is 1. The Labute approximate surface area is 138 Å². The molecule has 1 atom stereocenters. The van der Waals surface area contributed by atoms with E-state index in [2.05, 4.69) is 50.5 Å². The molecule has 1 aromatic heterocycles. The predicted molar refractivity (Wildman–Crippen MR) is 93.6 cm³/mol. The molecule has 0 aliphatic heterocycles. The van der Waals surface area contributed by atoms with Crippen molar-refractivity contribution >= 4 is 39.0 Å². The molecule has 2 rings (SSSR count). The Morgan fingerprint density at radius 1 is 1.24 bits per heavy atom. The van der Waals surface area contributed by atoms with Crippen LogP contribution in [0.2, 0.25) is 0 Å². The van der Waals surface area contributed by atoms with Crippen LogP contribution in [0.4, 0.5) is 5.82 Å². The lowest BCUT2D eigenvalue weighted by molar-refractivity contribution is 0.850. The summed E-state index contributed by atoms with van der Waals surface area (Å²) >= 11 is 8.58. The van der Waals surface area contributed by atoms with Crippen LogP contribution in [0.1, 0.15) is 35.3 Å². The fraction of sp³-hybridized carbons (Fsp3) is 0.267. The highest BCUT2D eigenvalue weighted by Gasteiger charge is 2.16. The fourth-order valence-electron chi connectivity index (χ4n) is 2.05. The third-order valence-corrected chi connectivity index (χ3v) is 4.16. The third-order valence-electron chi connectivity index (χ3n) is 3.42. The molecule has 1 unspecified atom stereocenters. The number of halogens is 1. The molecule has 0 spiro atoms. The molecule has 6 heteroatoms. The molecular formula is C15H17BrN4S. The summed E-state index contributed by atoms with van der Waals surface area (Å²) in [5.74, 6) is 0.626. The van der Waals surface area contributed by atoms with Gasteiger partial charge < -0.3 is 11.1 Å². The summed E-state index contributed by atoms with van der Waals surface area (Å²) in [7, 11) is 0. The molecule has 0 bridgehead atoms. The van der Waals surface area contributed by atoms with Crippen molar-refractivity contribution in [1.29, 1.82) is 0 Å². The van der Waals surface area contributed by atoms with E-state index in [0.29, 0.717) is 10.8 Å². The van der Waals surface area contributed by atoms with Gasteiger partial charge in [-0.15, -0.1) is 5.10 Å². The van der Waals surface area contributed by atoms with Crippen molar-refractivity contribution in [2.75, 3.05) is 5.32 Å². The van der Waals surface area contributed by atoms with Crippen LogP contribution in [-0.4, -0.2) is 15.2 Å². The van der Waals surface area contributed by atoms with E-state index in [9.17, 15) is 0 Å². The van der Waals surface area contributed by atoms with Crippen molar-refractivity contribution in [3.63, 3.8) is 0 Å². The molecule has 0 aliphatic rings. The van der Waals surface area contributed by atoms with E-state index in [1.807, 2.05) is 26.0 Å². The summed E-state index contributed by atoms with van der Waals surface area (Å²) in [6, 6.07) is 8.19. The molecule has 4 nitrogen and oxygen atoms in total. The Morgan fingerprint density at radius 2 is 1.86 bits per heavy atom. The number of nitrogens with two attached hydrogens (primary N) is 1. The maximum Gasteiger partial charge on any atom is 0.159 e. The van der Waals surface area contributed by atoms with Crippen LogP contribution in [0, 0.1) is 13.8 Å². The van der Waals surface area contributed by atoms with Crippen molar-refractivity contribution in [3.8, 4) is 0 Å². The van der Waals surface area contributed by atoms with Gasteiger partial charge in [0.1, 0.15) is 4.99 Å². The number of aromatic nitrogens is 2. The van der Waals surface area contributed by atoms with Gasteiger partial charge in [-0.3, -0.25) is 0 Å². The SMILES string of the molecule is Cc1nnc(NC(C)c2ccc(Br)cc2)c(C(N)=S)c1C. The van der Waals surface area contributed by atoms with Crippen LogP contribution in [0.3, 0.4) is 0 Å². The van der Waals surface area contributed by atoms with Crippen LogP contribution in [-0.2, 0) is 0 Å². The smallest absolute Gasteiger partial charge is 0.159 e. The van der Waals surface area contributed by atoms with Gasteiger partial charge in [0.15, 0.2) is 5.82 Å². The normalized spacial score (nSPS) is 12.0. The molecule has 0 saturated carbocycles. The Balaban J connectivity index is 2.33. The second-order valence-corrected chi connectivity index (χ2v) is 6.27. The number of thiocarbonyl (C=S) groups is 1. The second kappa shape index (κ2) is 6.49. The summed E-state index contributed by atoms with van der Waals surface area (Å²) in [6.45, 7) is 5.91. The molecule has 0 amide bonds. The molecule has 3 N–H and O–H groups in total. The Hall–Kier alpha value is -1.53. The highest BCUT2D eigenvalue weighted by molar-refractivity contribution is 9.10. The largest absolute Gasteiger partial charge is 0.389 e. The molecular weight excluding hydrogens is 348 g/mol. The molecule has 1 heterocycles. The number of aryl methyl sites for hydroxylation is 1. The summed E-state index contributed by atoms with van der Waals surface area (Å²) in [4.78, 5) is 0.330. The summed E-state index contributed by atoms with van der Waals surface area (Å²) in [6.07, 6.45) is 0. The minimum absolute atomic E-state index is 0.0719. The maximum absolute atomic E-state index is 5.84. The molecule has 0 radical (unpaired) electrons. The Kier molecular flexibility index (Phi) is 4.90. The van der Waals surface area contributed by atoms with E-state index in [0.717, 1.165) is 26.9 Å². The lowest BCUT2D eigenvalue weighted by atomic mass is 10.1. The van der Waals surface area contributed by atoms with Gasteiger partial charge in [0.2, 0.25) is 0 Å². The Bertz CT molecular complexity index is 670. The van der Waals surface area contributed by atoms with Crippen LogP contribution >= 0.6 is 28.1 Å². The van der Waals surface area contributed by atoms with Crippen LogP contribution in [0.5, 0.6) is 0 Å². The van der Waals surface area contributed by atoms with Crippen molar-refractivity contribution in [3.05, 3.63) is 51.1 Å². The molecule has 0 saturated heterocycles. The highest BCUT2D eigenvalue weighted by Crippen LogP contribution is 2.24. The minimum Gasteiger partial charge on any atom is -0.389 e. The van der Waals surface area contributed by atoms with E-state index in [1.54, 1.807) is 0 Å². The van der Waals surface area contributed by atoms with E-state index < -0.39 is 0 Å². The monoisotopic (exact) mass is 364 g/mol. The fourth-order valence-corrected chi connectivity index (χ4v) is 2.57. The zero-order chi connectivity index (χ0) is 15.6. The number of nitrogens with one attached hydrogen (secondary N) is 1. The van der Waals surface area contributed by atoms with E-state index >= 15 is 0 Å². The van der Waals surface area contributed by atoms with Gasteiger partial charge in [0, 0.05) is 4.47 Å². The van der Waals surface area contributed by atoms with E-state index in [-0.39, 0.29) is 6.04 Å². The van der Waals surface area contributed by atoms with Gasteiger partial charge in [-0.05, 0) is 44.0 Å². The lowest BCUT2D eigenvalue weighted by Crippen LogP contribution is -2.19. The number of hydrogen-bond acceptors (Lipinski definition) is 4. The zero-order valence-electron chi connectivity index (χ0n) is 12.1. The number of rotatable bonds is 4. The first-order valence-electron chi connectivity index (χ1n) is 6.56. The molecule has 21 heavy (non-hydrogen) atoms. The van der Waals surface area contributed by atoms with Crippen LogP contribution in [0.15, 0.2) is 28.7 Å². The number of nitrogens with zero attached hydrogens (tertiary/aromatic N) is 2. The topological polar surface area (TPSA) is 63.8 Å². The Morgan fingerprint density at radius 3 is 2.43 bits per heavy atom. The maximum atomic E-state index is 5.84. The summed E-state index contributed by atoms with van der Waals surface area (Å²) in [5, 5.41) is 11.7. The van der Waals surface area contributed by atoms with Gasteiger partial charge in [-0.2, -0.15) is 5.10 Å². The van der Waals surface area contributed by atoms with Gasteiger partial charge in [0.25, 0.3) is 0 Å². The first kappa shape index (κ1) is 15.9. The van der Waals surface area contributed by atoms with E-state index in [1.165, 1.54) is 0 Å². The minimum atomic E-state index is 0.0719. The average Bonchev–Trinajstić information content (AvgIpc) is 2.43. The quantitative estimate of drug-likeness (QED) is 0.810. The second-order valence-electron chi connectivity index (χ2n) is 4.92. The molecule has 2 aromatic rings. The average molecular weight is 365 g/mol. The van der Waals surface area contributed by atoms with Gasteiger partial charge in [0.05, 0.1) is 17.3 Å².